The van der Waals surface area contributed by atoms with Gasteiger partial charge in [0.25, 0.3) is 5.91 Å². The van der Waals surface area contributed by atoms with Gasteiger partial charge in [0.2, 0.25) is 5.78 Å². The van der Waals surface area contributed by atoms with Crippen LogP contribution in [0.5, 0.6) is 0 Å². The van der Waals surface area contributed by atoms with Crippen LogP contribution in [0.3, 0.4) is 0 Å². The smallest absolute Gasteiger partial charge is 0.290 e. The van der Waals surface area contributed by atoms with E-state index in [2.05, 4.69) is 4.90 Å². The number of nitrogens with zero attached hydrogens (tertiary/aromatic N) is 2. The van der Waals surface area contributed by atoms with Gasteiger partial charge in [-0.05, 0) is 36.2 Å². The van der Waals surface area contributed by atoms with Crippen LogP contribution in [0.15, 0.2) is 58.4 Å². The third-order valence-electron chi connectivity index (χ3n) is 5.46. The van der Waals surface area contributed by atoms with E-state index in [0.29, 0.717) is 31.7 Å². The van der Waals surface area contributed by atoms with Crippen LogP contribution in [0, 0.1) is 5.82 Å². The minimum absolute atomic E-state index is 0.0339. The van der Waals surface area contributed by atoms with Crippen LogP contribution in [-0.4, -0.2) is 66.0 Å². The number of furan rings is 1. The van der Waals surface area contributed by atoms with Gasteiger partial charge in [-0.3, -0.25) is 14.5 Å². The molecular formula is C22H23FN2O5. The van der Waals surface area contributed by atoms with Crippen molar-refractivity contribution >= 4 is 11.7 Å². The average Bonchev–Trinajstić information content (AvgIpc) is 3.38. The molecule has 0 unspecified atom stereocenters. The summed E-state index contributed by atoms with van der Waals surface area (Å²) in [5.41, 5.74) is 0.503. The molecule has 0 radical (unpaired) electrons. The molecule has 1 fully saturated rings. The Hall–Kier alpha value is -2.97. The Balaban J connectivity index is 1.59. The number of Topliss-reactive ketones (excluding diaryl/α,β-unsaturated/α-hetero) is 1. The quantitative estimate of drug-likeness (QED) is 0.702. The number of amides is 1. The molecule has 1 atom stereocenters. The zero-order valence-electron chi connectivity index (χ0n) is 16.4. The van der Waals surface area contributed by atoms with Gasteiger partial charge in [0.05, 0.1) is 31.1 Å². The van der Waals surface area contributed by atoms with E-state index in [1.165, 1.54) is 41.5 Å². The first-order valence-corrected chi connectivity index (χ1v) is 9.94. The fourth-order valence-corrected chi connectivity index (χ4v) is 3.94. The Morgan fingerprint density at radius 3 is 2.53 bits per heavy atom. The average molecular weight is 414 g/mol. The largest absolute Gasteiger partial charge is 0.503 e. The lowest BCUT2D eigenvalue weighted by Crippen LogP contribution is -2.39. The second kappa shape index (κ2) is 8.81. The first kappa shape index (κ1) is 20.3. The topological polar surface area (TPSA) is 83.2 Å². The number of hydrogen-bond donors (Lipinski definition) is 1. The number of ketones is 1. The summed E-state index contributed by atoms with van der Waals surface area (Å²) in [6.45, 7) is 4.15. The van der Waals surface area contributed by atoms with Crippen LogP contribution in [0.1, 0.15) is 28.6 Å². The van der Waals surface area contributed by atoms with Crippen LogP contribution in [0.4, 0.5) is 4.39 Å². The van der Waals surface area contributed by atoms with Gasteiger partial charge >= 0.3 is 0 Å². The van der Waals surface area contributed by atoms with Gasteiger partial charge in [0, 0.05) is 26.2 Å². The van der Waals surface area contributed by atoms with Crippen LogP contribution in [0.25, 0.3) is 0 Å². The number of aliphatic hydroxyl groups is 1. The molecule has 4 rings (SSSR count). The molecule has 1 aromatic carbocycles. The zero-order valence-corrected chi connectivity index (χ0v) is 16.4. The highest BCUT2D eigenvalue weighted by Gasteiger charge is 2.44. The summed E-state index contributed by atoms with van der Waals surface area (Å²) in [4.78, 5) is 29.6. The summed E-state index contributed by atoms with van der Waals surface area (Å²) in [6.07, 6.45) is 2.02. The number of carbonyl (C=O) groups excluding carboxylic acids is 2. The highest BCUT2D eigenvalue weighted by molar-refractivity contribution is 6.14. The summed E-state index contributed by atoms with van der Waals surface area (Å²) in [7, 11) is 0. The highest BCUT2D eigenvalue weighted by atomic mass is 19.1. The summed E-state index contributed by atoms with van der Waals surface area (Å²) < 4.78 is 24.0. The molecule has 0 spiro atoms. The predicted molar refractivity (Wildman–Crippen MR) is 105 cm³/mol. The van der Waals surface area contributed by atoms with Crippen molar-refractivity contribution in [1.82, 2.24) is 9.80 Å². The Bertz CT molecular complexity index is 933. The maximum atomic E-state index is 13.5. The molecule has 7 nitrogen and oxygen atoms in total. The van der Waals surface area contributed by atoms with Crippen molar-refractivity contribution < 1.29 is 28.2 Å². The van der Waals surface area contributed by atoms with E-state index in [9.17, 15) is 19.1 Å². The SMILES string of the molecule is O=C(C1=C(O)C(=O)N(CCCN2CCOCC2)[C@@H]1c1ccc(F)cc1)c1ccco1. The molecule has 0 bridgehead atoms. The van der Waals surface area contributed by atoms with Crippen molar-refractivity contribution in [1.29, 1.82) is 0 Å². The van der Waals surface area contributed by atoms with Crippen molar-refractivity contribution in [2.45, 2.75) is 12.5 Å². The first-order valence-electron chi connectivity index (χ1n) is 9.94. The monoisotopic (exact) mass is 414 g/mol. The fraction of sp³-hybridized carbons (Fsp3) is 0.364. The van der Waals surface area contributed by atoms with Crippen molar-refractivity contribution in [2.24, 2.45) is 0 Å². The van der Waals surface area contributed by atoms with Gasteiger partial charge in [-0.2, -0.15) is 0 Å². The molecule has 30 heavy (non-hydrogen) atoms. The van der Waals surface area contributed by atoms with E-state index in [1.807, 2.05) is 0 Å². The standard InChI is InChI=1S/C22H23FN2O5/c23-16-6-4-15(5-7-16)19-18(20(26)17-3-1-12-30-17)21(27)22(28)25(19)9-2-8-24-10-13-29-14-11-24/h1,3-7,12,19,27H,2,8-11,13-14H2/t19-/m1/s1. The van der Waals surface area contributed by atoms with Crippen molar-refractivity contribution in [3.8, 4) is 0 Å². The minimum Gasteiger partial charge on any atom is -0.503 e. The van der Waals surface area contributed by atoms with E-state index in [-0.39, 0.29) is 11.3 Å². The van der Waals surface area contributed by atoms with Crippen LogP contribution >= 0.6 is 0 Å². The lowest BCUT2D eigenvalue weighted by atomic mass is 9.95. The van der Waals surface area contributed by atoms with E-state index in [4.69, 9.17) is 9.15 Å². The normalized spacial score (nSPS) is 20.2. The number of benzene rings is 1. The van der Waals surface area contributed by atoms with E-state index < -0.39 is 29.3 Å². The molecule has 0 saturated carbocycles. The summed E-state index contributed by atoms with van der Waals surface area (Å²) >= 11 is 0. The number of aliphatic hydroxyl groups excluding tert-OH is 1. The number of carbonyl (C=O) groups is 2. The Labute approximate surface area is 173 Å². The zero-order chi connectivity index (χ0) is 21.1. The third kappa shape index (κ3) is 4.01. The van der Waals surface area contributed by atoms with Crippen LogP contribution in [0.2, 0.25) is 0 Å². The summed E-state index contributed by atoms with van der Waals surface area (Å²) in [5.74, 6) is -2.14. The molecule has 1 amide bonds. The molecular weight excluding hydrogens is 391 g/mol. The Morgan fingerprint density at radius 2 is 1.87 bits per heavy atom. The predicted octanol–water partition coefficient (Wildman–Crippen LogP) is 2.72. The molecule has 8 heteroatoms. The van der Waals surface area contributed by atoms with Gasteiger partial charge < -0.3 is 19.2 Å². The molecule has 158 valence electrons. The molecule has 2 aromatic rings. The first-order chi connectivity index (χ1) is 14.6. The summed E-state index contributed by atoms with van der Waals surface area (Å²) in [5, 5.41) is 10.6. The van der Waals surface area contributed by atoms with Gasteiger partial charge in [0.1, 0.15) is 5.82 Å². The van der Waals surface area contributed by atoms with Gasteiger partial charge in [-0.25, -0.2) is 4.39 Å². The van der Waals surface area contributed by atoms with Crippen LogP contribution in [-0.2, 0) is 9.53 Å². The van der Waals surface area contributed by atoms with Crippen molar-refractivity contribution in [3.63, 3.8) is 0 Å². The fourth-order valence-electron chi connectivity index (χ4n) is 3.94. The Morgan fingerprint density at radius 1 is 1.13 bits per heavy atom. The summed E-state index contributed by atoms with van der Waals surface area (Å²) in [6, 6.07) is 7.84. The van der Waals surface area contributed by atoms with Gasteiger partial charge in [-0.15, -0.1) is 0 Å². The third-order valence-corrected chi connectivity index (χ3v) is 5.46. The van der Waals surface area contributed by atoms with E-state index >= 15 is 0 Å². The molecule has 0 aliphatic carbocycles. The Kier molecular flexibility index (Phi) is 5.96. The molecule has 3 heterocycles. The number of halogens is 1. The molecule has 1 N–H and O–H groups in total. The second-order valence-electron chi connectivity index (χ2n) is 7.33. The van der Waals surface area contributed by atoms with Gasteiger partial charge in [0.15, 0.2) is 11.5 Å². The second-order valence-corrected chi connectivity index (χ2v) is 7.33. The van der Waals surface area contributed by atoms with E-state index in [0.717, 1.165) is 19.6 Å². The van der Waals surface area contributed by atoms with E-state index in [1.54, 1.807) is 6.07 Å². The minimum atomic E-state index is -0.805. The molecule has 1 aromatic heterocycles. The molecule has 1 saturated heterocycles. The number of morpholine rings is 1. The lowest BCUT2D eigenvalue weighted by Gasteiger charge is -2.29. The maximum Gasteiger partial charge on any atom is 0.290 e. The number of hydrogen-bond acceptors (Lipinski definition) is 6. The lowest BCUT2D eigenvalue weighted by molar-refractivity contribution is -0.129. The number of rotatable bonds is 7. The maximum absolute atomic E-state index is 13.5. The van der Waals surface area contributed by atoms with Crippen LogP contribution < -0.4 is 0 Å². The highest BCUT2D eigenvalue weighted by Crippen LogP contribution is 2.39. The number of ether oxygens (including phenoxy) is 1. The van der Waals surface area contributed by atoms with Gasteiger partial charge in [-0.1, -0.05) is 12.1 Å². The molecule has 2 aliphatic rings. The molecule has 2 aliphatic heterocycles. The van der Waals surface area contributed by atoms with Crippen molar-refractivity contribution in [3.05, 3.63) is 71.1 Å². The van der Waals surface area contributed by atoms with Crippen molar-refractivity contribution in [2.75, 3.05) is 39.4 Å².